The van der Waals surface area contributed by atoms with Crippen molar-refractivity contribution >= 4 is 49.3 Å². The van der Waals surface area contributed by atoms with Crippen LogP contribution >= 0.6 is 0 Å². The average molecular weight is 809 g/mol. The van der Waals surface area contributed by atoms with Crippen molar-refractivity contribution in [3.63, 3.8) is 0 Å². The topological polar surface area (TPSA) is 56.7 Å². The van der Waals surface area contributed by atoms with Crippen LogP contribution in [0.25, 0.3) is 111 Å². The zero-order valence-electron chi connectivity index (χ0n) is 34.6. The third kappa shape index (κ3) is 6.64. The van der Waals surface area contributed by atoms with Gasteiger partial charge in [-0.25, -0.2) is 15.0 Å². The summed E-state index contributed by atoms with van der Waals surface area (Å²) in [5, 5.41) is 4.47. The molecule has 11 rings (SSSR count). The fourth-order valence-electron chi connectivity index (χ4n) is 8.92. The molecule has 0 aliphatic carbocycles. The van der Waals surface area contributed by atoms with Crippen molar-refractivity contribution in [2.75, 3.05) is 0 Å². The molecule has 63 heavy (non-hydrogen) atoms. The number of hydrogen-bond acceptors (Lipinski definition) is 4. The summed E-state index contributed by atoms with van der Waals surface area (Å²) >= 11 is 0. The molecule has 8 aromatic carbocycles. The Morgan fingerprint density at radius 1 is 0.492 bits per heavy atom. The lowest BCUT2D eigenvalue weighted by molar-refractivity contribution is 0.669. The fraction of sp³-hybridized carbons (Fsp3) is 0.0172. The van der Waals surface area contributed by atoms with Gasteiger partial charge >= 0.3 is 0 Å². The molecule has 3 heterocycles. The summed E-state index contributed by atoms with van der Waals surface area (Å²) < 4.78 is 9.00. The van der Waals surface area contributed by atoms with Crippen LogP contribution in [0, 0.1) is 0 Å². The van der Waals surface area contributed by atoms with Crippen LogP contribution in [0.1, 0.15) is 12.7 Å². The molecule has 0 bridgehead atoms. The molecular formula is C58H40N4O. The first kappa shape index (κ1) is 37.6. The number of hydrogen-bond donors (Lipinski definition) is 0. The number of aromatic nitrogens is 4. The molecule has 0 saturated carbocycles. The molecule has 298 valence electrons. The largest absolute Gasteiger partial charge is 0.456 e. The Bertz CT molecular complexity index is 3580. The van der Waals surface area contributed by atoms with Gasteiger partial charge in [0, 0.05) is 43.9 Å². The normalized spacial score (nSPS) is 12.0. The highest BCUT2D eigenvalue weighted by molar-refractivity contribution is 6.27. The standard InChI is InChI=1S/C58H40N4O/c1-3-5-19-38(4-2)56-59-57(40-22-11-7-12-23-40)61-58(60-56)48-36-41(45-27-16-15-26-44(45)39-20-9-6-10-21-39)30-32-46(48)42-31-34-52-49(37-42)55-53(63-52)35-33-51-54(55)47-28-17-18-29-50(47)62(51)43-24-13-8-14-25-43/h3-37H,1H2,2H3/b19-5-,38-4+. The van der Waals surface area contributed by atoms with Crippen molar-refractivity contribution < 1.29 is 4.42 Å². The highest BCUT2D eigenvalue weighted by Crippen LogP contribution is 2.44. The van der Waals surface area contributed by atoms with Gasteiger partial charge in [0.15, 0.2) is 17.5 Å². The molecule has 5 nitrogen and oxygen atoms in total. The maximum Gasteiger partial charge on any atom is 0.164 e. The highest BCUT2D eigenvalue weighted by Gasteiger charge is 2.22. The van der Waals surface area contributed by atoms with Crippen LogP contribution in [0.2, 0.25) is 0 Å². The second-order valence-electron chi connectivity index (χ2n) is 15.5. The molecule has 0 atom stereocenters. The minimum absolute atomic E-state index is 0.574. The van der Waals surface area contributed by atoms with E-state index in [1.807, 2.05) is 55.5 Å². The predicted molar refractivity (Wildman–Crippen MR) is 262 cm³/mol. The van der Waals surface area contributed by atoms with Crippen LogP contribution in [0.4, 0.5) is 0 Å². The molecule has 11 aromatic rings. The predicted octanol–water partition coefficient (Wildman–Crippen LogP) is 15.3. The van der Waals surface area contributed by atoms with E-state index in [2.05, 4.69) is 169 Å². The van der Waals surface area contributed by atoms with E-state index in [1.165, 1.54) is 5.39 Å². The Labute approximate surface area is 365 Å². The molecular weight excluding hydrogens is 769 g/mol. The van der Waals surface area contributed by atoms with Crippen LogP contribution in [0.5, 0.6) is 0 Å². The van der Waals surface area contributed by atoms with Crippen LogP contribution in [0.15, 0.2) is 223 Å². The fourth-order valence-corrected chi connectivity index (χ4v) is 8.92. The van der Waals surface area contributed by atoms with E-state index >= 15 is 0 Å². The molecule has 0 aliphatic heterocycles. The Morgan fingerprint density at radius 3 is 1.87 bits per heavy atom. The van der Waals surface area contributed by atoms with E-state index < -0.39 is 0 Å². The zero-order chi connectivity index (χ0) is 42.3. The summed E-state index contributed by atoms with van der Waals surface area (Å²) in [7, 11) is 0. The van der Waals surface area contributed by atoms with Gasteiger partial charge in [-0.3, -0.25) is 0 Å². The summed E-state index contributed by atoms with van der Waals surface area (Å²) in [6.45, 7) is 5.91. The van der Waals surface area contributed by atoms with Gasteiger partial charge in [-0.1, -0.05) is 170 Å². The van der Waals surface area contributed by atoms with E-state index in [9.17, 15) is 0 Å². The molecule has 5 heteroatoms. The molecule has 3 aromatic heterocycles. The summed E-state index contributed by atoms with van der Waals surface area (Å²) in [5.41, 5.74) is 14.2. The lowest BCUT2D eigenvalue weighted by atomic mass is 9.90. The van der Waals surface area contributed by atoms with Crippen molar-refractivity contribution in [3.8, 4) is 61.8 Å². The summed E-state index contributed by atoms with van der Waals surface area (Å²) in [5.74, 6) is 1.75. The molecule has 0 amide bonds. The first-order valence-corrected chi connectivity index (χ1v) is 21.2. The smallest absolute Gasteiger partial charge is 0.164 e. The molecule has 0 aliphatic rings. The molecule has 0 saturated heterocycles. The number of rotatable bonds is 9. The number of furan rings is 1. The van der Waals surface area contributed by atoms with Gasteiger partial charge < -0.3 is 8.98 Å². The first-order chi connectivity index (χ1) is 31.2. The Balaban J connectivity index is 1.18. The molecule has 0 spiro atoms. The monoisotopic (exact) mass is 808 g/mol. The van der Waals surface area contributed by atoms with E-state index in [0.29, 0.717) is 17.5 Å². The zero-order valence-corrected chi connectivity index (χ0v) is 34.6. The van der Waals surface area contributed by atoms with Gasteiger partial charge in [0.2, 0.25) is 0 Å². The van der Waals surface area contributed by atoms with Crippen molar-refractivity contribution in [2.45, 2.75) is 6.92 Å². The van der Waals surface area contributed by atoms with Crippen LogP contribution < -0.4 is 0 Å². The quantitative estimate of drug-likeness (QED) is 0.136. The van der Waals surface area contributed by atoms with Crippen LogP contribution in [-0.4, -0.2) is 19.5 Å². The summed E-state index contributed by atoms with van der Waals surface area (Å²) in [6, 6.07) is 65.9. The molecule has 0 unspecified atom stereocenters. The minimum Gasteiger partial charge on any atom is -0.456 e. The first-order valence-electron chi connectivity index (χ1n) is 21.2. The number of benzene rings is 8. The lowest BCUT2D eigenvalue weighted by Gasteiger charge is -2.16. The van der Waals surface area contributed by atoms with Gasteiger partial charge in [-0.15, -0.1) is 0 Å². The van der Waals surface area contributed by atoms with Crippen molar-refractivity contribution in [1.29, 1.82) is 0 Å². The number of fused-ring (bicyclic) bond motifs is 7. The van der Waals surface area contributed by atoms with E-state index in [0.717, 1.165) is 94.1 Å². The van der Waals surface area contributed by atoms with Crippen molar-refractivity contribution in [3.05, 3.63) is 225 Å². The number of nitrogens with zero attached hydrogens (tertiary/aromatic N) is 4. The van der Waals surface area contributed by atoms with Gasteiger partial charge in [-0.05, 0) is 88.8 Å². The Hall–Kier alpha value is -8.41. The van der Waals surface area contributed by atoms with Gasteiger partial charge in [0.25, 0.3) is 0 Å². The Morgan fingerprint density at radius 2 is 1.11 bits per heavy atom. The van der Waals surface area contributed by atoms with Gasteiger partial charge in [0.1, 0.15) is 11.2 Å². The Kier molecular flexibility index (Phi) is 9.48. The minimum atomic E-state index is 0.574. The SMILES string of the molecule is C=C/C=C\C(=C/C)c1nc(-c2ccccc2)nc(-c2cc(-c3ccccc3-c3ccccc3)ccc2-c2ccc3oc4ccc5c(c6ccccc6n5-c5ccccc5)c4c3c2)n1. The second kappa shape index (κ2) is 15.9. The van der Waals surface area contributed by atoms with E-state index in [1.54, 1.807) is 6.08 Å². The molecule has 0 radical (unpaired) electrons. The van der Waals surface area contributed by atoms with E-state index in [-0.39, 0.29) is 0 Å². The van der Waals surface area contributed by atoms with Crippen LogP contribution in [-0.2, 0) is 0 Å². The van der Waals surface area contributed by atoms with Crippen LogP contribution in [0.3, 0.4) is 0 Å². The van der Waals surface area contributed by atoms with E-state index in [4.69, 9.17) is 19.4 Å². The number of allylic oxidation sites excluding steroid dienone is 5. The lowest BCUT2D eigenvalue weighted by Crippen LogP contribution is -2.03. The maximum absolute atomic E-state index is 6.65. The number of para-hydroxylation sites is 2. The van der Waals surface area contributed by atoms with Gasteiger partial charge in [0.05, 0.1) is 11.0 Å². The average Bonchev–Trinajstić information content (AvgIpc) is 3.90. The molecule has 0 fully saturated rings. The third-order valence-electron chi connectivity index (χ3n) is 11.8. The molecule has 0 N–H and O–H groups in total. The maximum atomic E-state index is 6.65. The second-order valence-corrected chi connectivity index (χ2v) is 15.5. The van der Waals surface area contributed by atoms with Crippen molar-refractivity contribution in [2.24, 2.45) is 0 Å². The summed E-state index contributed by atoms with van der Waals surface area (Å²) in [6.07, 6.45) is 7.68. The highest BCUT2D eigenvalue weighted by atomic mass is 16.3. The third-order valence-corrected chi connectivity index (χ3v) is 11.8. The summed E-state index contributed by atoms with van der Waals surface area (Å²) in [4.78, 5) is 15.6. The van der Waals surface area contributed by atoms with Gasteiger partial charge in [-0.2, -0.15) is 0 Å². The van der Waals surface area contributed by atoms with Crippen molar-refractivity contribution in [1.82, 2.24) is 19.5 Å².